The first-order chi connectivity index (χ1) is 20.2. The molecule has 3 aliphatic heterocycles. The first kappa shape index (κ1) is 29.5. The van der Waals surface area contributed by atoms with E-state index in [1.807, 2.05) is 30.0 Å². The number of aliphatic carboxylic acids is 1. The van der Waals surface area contributed by atoms with Crippen molar-refractivity contribution < 1.29 is 28.2 Å². The van der Waals surface area contributed by atoms with Gasteiger partial charge in [0.2, 0.25) is 5.92 Å². The van der Waals surface area contributed by atoms with Crippen LogP contribution in [0.25, 0.3) is 0 Å². The lowest BCUT2D eigenvalue weighted by atomic mass is 9.62. The Bertz CT molecular complexity index is 1270. The summed E-state index contributed by atoms with van der Waals surface area (Å²) < 4.78 is 39.6. The van der Waals surface area contributed by atoms with Crippen molar-refractivity contribution in [2.24, 2.45) is 5.41 Å². The molecular weight excluding hydrogens is 540 g/mol. The van der Waals surface area contributed by atoms with Crippen LogP contribution in [0.1, 0.15) is 91.5 Å². The van der Waals surface area contributed by atoms with Crippen LogP contribution in [0.4, 0.5) is 14.6 Å². The number of hydrogen-bond acceptors (Lipinski definition) is 6. The Morgan fingerprint density at radius 2 is 2.10 bits per heavy atom. The number of fused-ring (bicyclic) bond motifs is 1. The van der Waals surface area contributed by atoms with E-state index in [1.165, 1.54) is 5.56 Å². The van der Waals surface area contributed by atoms with Gasteiger partial charge in [-0.1, -0.05) is 29.8 Å². The summed E-state index contributed by atoms with van der Waals surface area (Å²) in [7, 11) is 0. The zero-order valence-electron chi connectivity index (χ0n) is 24.5. The topological polar surface area (TPSA) is 83.9 Å². The summed E-state index contributed by atoms with van der Waals surface area (Å²) in [5, 5.41) is 13.8. The fraction of sp³-hybridized carbons (Fsp3) is 0.636. The molecule has 0 radical (unpaired) electrons. The van der Waals surface area contributed by atoms with Crippen molar-refractivity contribution in [3.8, 4) is 0 Å². The van der Waals surface area contributed by atoms with Crippen LogP contribution in [0, 0.1) is 12.3 Å². The minimum absolute atomic E-state index is 0.00254. The Morgan fingerprint density at radius 1 is 1.24 bits per heavy atom. The van der Waals surface area contributed by atoms with E-state index in [4.69, 9.17) is 14.5 Å². The third-order valence-electron chi connectivity index (χ3n) is 9.59. The molecule has 6 rings (SSSR count). The van der Waals surface area contributed by atoms with E-state index in [0.29, 0.717) is 39.1 Å². The van der Waals surface area contributed by atoms with Gasteiger partial charge in [-0.25, -0.2) is 13.8 Å². The third kappa shape index (κ3) is 6.48. The monoisotopic (exact) mass is 583 g/mol. The van der Waals surface area contributed by atoms with E-state index in [0.717, 1.165) is 73.3 Å². The van der Waals surface area contributed by atoms with Gasteiger partial charge in [0.25, 0.3) is 0 Å². The van der Waals surface area contributed by atoms with Crippen molar-refractivity contribution >= 4 is 11.8 Å². The molecule has 228 valence electrons. The number of ether oxygens (including phenoxy) is 2. The molecule has 0 amide bonds. The van der Waals surface area contributed by atoms with E-state index >= 15 is 0 Å². The van der Waals surface area contributed by atoms with Crippen molar-refractivity contribution in [1.29, 1.82) is 0 Å². The van der Waals surface area contributed by atoms with Crippen molar-refractivity contribution in [2.45, 2.75) is 95.3 Å². The summed E-state index contributed by atoms with van der Waals surface area (Å²) >= 11 is 0. The van der Waals surface area contributed by atoms with E-state index in [2.05, 4.69) is 17.4 Å². The average Bonchev–Trinajstić information content (AvgIpc) is 3.40. The Hall–Kier alpha value is -2.62. The molecule has 4 aliphatic rings. The van der Waals surface area contributed by atoms with Crippen LogP contribution in [0.5, 0.6) is 0 Å². The van der Waals surface area contributed by atoms with Crippen LogP contribution in [-0.2, 0) is 27.1 Å². The number of hydrogen-bond donors (Lipinski definition) is 2. The fourth-order valence-corrected chi connectivity index (χ4v) is 7.44. The molecular formula is C33H43F2N3O4. The molecule has 4 heterocycles. The number of carbonyl (C=O) groups is 1. The lowest BCUT2D eigenvalue weighted by molar-refractivity contribution is -0.212. The van der Waals surface area contributed by atoms with Crippen LogP contribution in [0.2, 0.25) is 0 Å². The molecule has 1 spiro atoms. The van der Waals surface area contributed by atoms with Crippen molar-refractivity contribution in [3.63, 3.8) is 0 Å². The molecule has 42 heavy (non-hydrogen) atoms. The largest absolute Gasteiger partial charge is 0.480 e. The summed E-state index contributed by atoms with van der Waals surface area (Å²) in [6.07, 6.45) is 6.68. The van der Waals surface area contributed by atoms with E-state index < -0.39 is 23.3 Å². The molecule has 1 saturated carbocycles. The predicted octanol–water partition coefficient (Wildman–Crippen LogP) is 6.25. The number of nitrogens with zero attached hydrogens (tertiary/aromatic N) is 2. The molecule has 3 atom stereocenters. The molecule has 7 nitrogen and oxygen atoms in total. The van der Waals surface area contributed by atoms with Gasteiger partial charge in [-0.3, -0.25) is 9.69 Å². The maximum atomic E-state index is 13.6. The molecule has 9 heteroatoms. The van der Waals surface area contributed by atoms with Gasteiger partial charge in [0.05, 0.1) is 18.8 Å². The van der Waals surface area contributed by atoms with Gasteiger partial charge < -0.3 is 19.9 Å². The highest BCUT2D eigenvalue weighted by Crippen LogP contribution is 2.58. The summed E-state index contributed by atoms with van der Waals surface area (Å²) in [6, 6.07) is 9.43. The second-order valence-electron chi connectivity index (χ2n) is 13.0. The lowest BCUT2D eigenvalue weighted by Gasteiger charge is -2.51. The van der Waals surface area contributed by atoms with Crippen molar-refractivity contribution in [2.75, 3.05) is 38.2 Å². The number of aryl methyl sites for hydroxylation is 3. The quantitative estimate of drug-likeness (QED) is 0.320. The number of anilines is 1. The predicted molar refractivity (Wildman–Crippen MR) is 156 cm³/mol. The Balaban J connectivity index is 1.02. The Kier molecular flexibility index (Phi) is 8.53. The molecule has 1 aromatic heterocycles. The van der Waals surface area contributed by atoms with Crippen molar-refractivity contribution in [1.82, 2.24) is 9.88 Å². The summed E-state index contributed by atoms with van der Waals surface area (Å²) in [6.45, 7) is 5.11. The second kappa shape index (κ2) is 12.2. The minimum atomic E-state index is -2.58. The molecule has 0 bridgehead atoms. The number of aromatic nitrogens is 1. The number of alkyl halides is 2. The maximum absolute atomic E-state index is 13.6. The second-order valence-corrected chi connectivity index (χ2v) is 13.0. The number of carboxylic acid groups (broad SMARTS) is 1. The van der Waals surface area contributed by atoms with E-state index in [1.54, 1.807) is 0 Å². The smallest absolute Gasteiger partial charge is 0.325 e. The van der Waals surface area contributed by atoms with Gasteiger partial charge in [0.15, 0.2) is 0 Å². The summed E-state index contributed by atoms with van der Waals surface area (Å²) in [5.41, 5.74) is 4.58. The molecule has 2 saturated heterocycles. The first-order valence-electron chi connectivity index (χ1n) is 15.6. The number of benzene rings is 1. The van der Waals surface area contributed by atoms with Crippen LogP contribution in [-0.4, -0.2) is 65.8 Å². The Labute approximate surface area is 247 Å². The molecule has 2 N–H and O–H groups in total. The third-order valence-corrected chi connectivity index (χ3v) is 9.59. The van der Waals surface area contributed by atoms with E-state index in [9.17, 15) is 18.7 Å². The average molecular weight is 584 g/mol. The molecule has 1 aliphatic carbocycles. The number of carboxylic acids is 1. The van der Waals surface area contributed by atoms with Gasteiger partial charge in [0, 0.05) is 50.2 Å². The summed E-state index contributed by atoms with van der Waals surface area (Å²) in [4.78, 5) is 19.5. The number of halogens is 2. The highest BCUT2D eigenvalue weighted by Gasteiger charge is 2.57. The number of nitrogens with one attached hydrogen (secondary N) is 1. The van der Waals surface area contributed by atoms with Gasteiger partial charge >= 0.3 is 5.97 Å². The highest BCUT2D eigenvalue weighted by atomic mass is 19.3. The Morgan fingerprint density at radius 3 is 2.86 bits per heavy atom. The fourth-order valence-electron chi connectivity index (χ4n) is 7.44. The van der Waals surface area contributed by atoms with Gasteiger partial charge in [-0.2, -0.15) is 0 Å². The zero-order valence-corrected chi connectivity index (χ0v) is 24.5. The lowest BCUT2D eigenvalue weighted by Crippen LogP contribution is -2.51. The first-order valence-corrected chi connectivity index (χ1v) is 15.6. The molecule has 1 aromatic carbocycles. The normalized spacial score (nSPS) is 25.4. The maximum Gasteiger partial charge on any atom is 0.325 e. The van der Waals surface area contributed by atoms with Crippen LogP contribution >= 0.6 is 0 Å². The number of likely N-dealkylation sites (tertiary alicyclic amines) is 1. The number of pyridine rings is 1. The van der Waals surface area contributed by atoms with E-state index in [-0.39, 0.29) is 25.0 Å². The molecule has 0 unspecified atom stereocenters. The van der Waals surface area contributed by atoms with Crippen LogP contribution < -0.4 is 5.32 Å². The molecule has 2 aromatic rings. The van der Waals surface area contributed by atoms with Gasteiger partial charge in [-0.15, -0.1) is 0 Å². The van der Waals surface area contributed by atoms with Crippen LogP contribution in [0.15, 0.2) is 30.3 Å². The standard InChI is InChI=1S/C33H43F2N3O4/c1-22-7-10-26(28-11-13-32(21-42-28)19-33(34,35)20-32)27(17-22)29(31(39)40)38-15-12-25(18-38)41-16-3-2-6-24-9-8-23-5-4-14-36-30(23)37-24/h7-10,17,25,28-29H,2-6,11-16,18-21H2,1H3,(H,36,37)(H,39,40)/t25-,28+,29+/m1/s1. The SMILES string of the molecule is Cc1ccc([C@@H]2CCC3(CO2)CC(F)(F)C3)c([C@@H](C(=O)O)N2CC[C@@H](OCCCCc3ccc4c(n3)NCCC4)C2)c1. The summed E-state index contributed by atoms with van der Waals surface area (Å²) in [5.74, 6) is -2.43. The highest BCUT2D eigenvalue weighted by molar-refractivity contribution is 5.76. The van der Waals surface area contributed by atoms with Crippen LogP contribution in [0.3, 0.4) is 0 Å². The zero-order chi connectivity index (χ0) is 29.3. The van der Waals surface area contributed by atoms with Gasteiger partial charge in [-0.05, 0) is 81.0 Å². The number of unbranched alkanes of at least 4 members (excludes halogenated alkanes) is 1. The molecule has 3 fully saturated rings. The minimum Gasteiger partial charge on any atom is -0.480 e. The van der Waals surface area contributed by atoms with Crippen molar-refractivity contribution in [3.05, 3.63) is 58.3 Å². The van der Waals surface area contributed by atoms with Gasteiger partial charge in [0.1, 0.15) is 11.9 Å². The number of rotatable bonds is 10.